The number of carbonyl (C=O) groups is 2. The number of nitrogens with zero attached hydrogens (tertiary/aromatic N) is 2. The van der Waals surface area contributed by atoms with Crippen LogP contribution in [0.25, 0.3) is 11.3 Å². The molecule has 0 saturated heterocycles. The molecule has 3 rings (SSSR count). The Morgan fingerprint density at radius 3 is 2.53 bits per heavy atom. The first kappa shape index (κ1) is 25.1. The number of aromatic nitrogens is 1. The minimum atomic E-state index is -0.318. The highest BCUT2D eigenvalue weighted by Crippen LogP contribution is 2.24. The summed E-state index contributed by atoms with van der Waals surface area (Å²) in [5.41, 5.74) is 3.30. The lowest BCUT2D eigenvalue weighted by Gasteiger charge is -2.19. The number of hydrogen-bond donors (Lipinski definition) is 2. The first-order valence-corrected chi connectivity index (χ1v) is 11.9. The highest BCUT2D eigenvalue weighted by Gasteiger charge is 2.17. The molecule has 8 heteroatoms. The fourth-order valence-corrected chi connectivity index (χ4v) is 4.16. The summed E-state index contributed by atoms with van der Waals surface area (Å²) in [6, 6.07) is 14.3. The van der Waals surface area contributed by atoms with Crippen LogP contribution in [0.4, 0.5) is 0 Å². The number of aliphatic hydroxyl groups is 1. The number of ether oxygens (including phenoxy) is 1. The van der Waals surface area contributed by atoms with Crippen LogP contribution in [0, 0.1) is 11.3 Å². The maximum absolute atomic E-state index is 12.8. The molecule has 1 atom stereocenters. The third kappa shape index (κ3) is 6.50. The van der Waals surface area contributed by atoms with Gasteiger partial charge < -0.3 is 15.2 Å². The molecule has 1 heterocycles. The van der Waals surface area contributed by atoms with E-state index in [0.29, 0.717) is 34.7 Å². The average molecular weight is 478 g/mol. The second-order valence-electron chi connectivity index (χ2n) is 8.17. The molecule has 0 aliphatic rings. The van der Waals surface area contributed by atoms with Crippen molar-refractivity contribution >= 4 is 23.0 Å². The molecule has 0 aliphatic heterocycles. The number of rotatable bonds is 10. The molecule has 0 fully saturated rings. The van der Waals surface area contributed by atoms with Gasteiger partial charge in [0.2, 0.25) is 0 Å². The van der Waals surface area contributed by atoms with E-state index in [1.54, 1.807) is 12.1 Å². The van der Waals surface area contributed by atoms with E-state index in [0.717, 1.165) is 16.8 Å². The van der Waals surface area contributed by atoms with Crippen molar-refractivity contribution in [3.8, 4) is 23.1 Å². The molecule has 2 N–H and O–H groups in total. The summed E-state index contributed by atoms with van der Waals surface area (Å²) in [6.07, 6.45) is 0.835. The zero-order chi connectivity index (χ0) is 24.7. The predicted octanol–water partition coefficient (Wildman–Crippen LogP) is 4.40. The second kappa shape index (κ2) is 11.5. The maximum Gasteiger partial charge on any atom is 0.251 e. The Morgan fingerprint density at radius 2 is 1.94 bits per heavy atom. The van der Waals surface area contributed by atoms with E-state index in [1.807, 2.05) is 43.5 Å². The molecule has 7 nitrogen and oxygen atoms in total. The Labute approximate surface area is 203 Å². The number of ketones is 1. The highest BCUT2D eigenvalue weighted by molar-refractivity contribution is 7.12. The molecule has 0 radical (unpaired) electrons. The average Bonchev–Trinajstić information content (AvgIpc) is 3.30. The molecule has 0 aliphatic carbocycles. The Morgan fingerprint density at radius 1 is 1.21 bits per heavy atom. The Hall–Kier alpha value is -3.54. The zero-order valence-electron chi connectivity index (χ0n) is 19.4. The smallest absolute Gasteiger partial charge is 0.251 e. The topological polar surface area (TPSA) is 112 Å². The van der Waals surface area contributed by atoms with Crippen LogP contribution in [0.5, 0.6) is 5.75 Å². The summed E-state index contributed by atoms with van der Waals surface area (Å²) < 4.78 is 5.62. The van der Waals surface area contributed by atoms with E-state index in [9.17, 15) is 20.0 Å². The summed E-state index contributed by atoms with van der Waals surface area (Å²) in [5, 5.41) is 24.2. The first-order chi connectivity index (χ1) is 16.3. The number of Topliss-reactive ketones (excluding diaryl/α,β-unsaturated/α-hetero) is 1. The molecule has 0 unspecified atom stereocenters. The maximum atomic E-state index is 12.8. The van der Waals surface area contributed by atoms with Crippen molar-refractivity contribution in [3.63, 3.8) is 0 Å². The number of nitriles is 1. The van der Waals surface area contributed by atoms with E-state index < -0.39 is 0 Å². The lowest BCUT2D eigenvalue weighted by atomic mass is 10.0. The molecule has 3 aromatic rings. The first-order valence-electron chi connectivity index (χ1n) is 11.0. The summed E-state index contributed by atoms with van der Waals surface area (Å²) in [4.78, 5) is 28.7. The Bertz CT molecular complexity index is 1200. The minimum Gasteiger partial charge on any atom is -0.490 e. The lowest BCUT2D eigenvalue weighted by Crippen LogP contribution is -2.37. The fraction of sp³-hybridized carbons (Fsp3) is 0.308. The Kier molecular flexibility index (Phi) is 8.52. The third-order valence-corrected chi connectivity index (χ3v) is 6.02. The van der Waals surface area contributed by atoms with Gasteiger partial charge in [-0.1, -0.05) is 24.3 Å². The van der Waals surface area contributed by atoms with Crippen LogP contribution in [-0.4, -0.2) is 40.5 Å². The molecule has 34 heavy (non-hydrogen) atoms. The molecule has 1 aromatic heterocycles. The van der Waals surface area contributed by atoms with Crippen LogP contribution in [0.15, 0.2) is 47.8 Å². The van der Waals surface area contributed by atoms with Crippen LogP contribution in [0.1, 0.15) is 58.5 Å². The molecule has 1 amide bonds. The quantitative estimate of drug-likeness (QED) is 0.419. The molecule has 176 valence electrons. The van der Waals surface area contributed by atoms with Gasteiger partial charge in [0.15, 0.2) is 10.8 Å². The van der Waals surface area contributed by atoms with Crippen molar-refractivity contribution in [1.29, 1.82) is 5.26 Å². The van der Waals surface area contributed by atoms with Crippen molar-refractivity contribution in [1.82, 2.24) is 10.3 Å². The molecule has 0 bridgehead atoms. The number of aliphatic hydroxyl groups excluding tert-OH is 1. The summed E-state index contributed by atoms with van der Waals surface area (Å²) in [7, 11) is 0. The largest absolute Gasteiger partial charge is 0.490 e. The van der Waals surface area contributed by atoms with Gasteiger partial charge in [0.1, 0.15) is 11.8 Å². The zero-order valence-corrected chi connectivity index (χ0v) is 20.2. The van der Waals surface area contributed by atoms with Crippen molar-refractivity contribution in [3.05, 3.63) is 69.5 Å². The minimum absolute atomic E-state index is 0.0561. The normalized spacial score (nSPS) is 11.6. The number of thiazole rings is 1. The van der Waals surface area contributed by atoms with Crippen LogP contribution in [0.3, 0.4) is 0 Å². The summed E-state index contributed by atoms with van der Waals surface area (Å²) >= 11 is 1.32. The predicted molar refractivity (Wildman–Crippen MR) is 131 cm³/mol. The van der Waals surface area contributed by atoms with Gasteiger partial charge >= 0.3 is 0 Å². The molecule has 2 aromatic carbocycles. The molecular weight excluding hydrogens is 450 g/mol. The van der Waals surface area contributed by atoms with Gasteiger partial charge in [-0.25, -0.2) is 4.98 Å². The van der Waals surface area contributed by atoms with Crippen molar-refractivity contribution in [2.75, 3.05) is 6.61 Å². The van der Waals surface area contributed by atoms with Crippen LogP contribution < -0.4 is 10.1 Å². The standard InChI is InChI=1S/C26H27N3O4S/c1-16(2)33-24-9-8-20(13-21(24)14-27)25(32)28-22(10-11-30)12-18-4-6-19(7-5-18)23-15-34-26(29-23)17(3)31/h4-9,13,15-16,22,30H,10-12H2,1-3H3,(H,28,32)/t22-/m1/s1. The SMILES string of the molecule is CC(=O)c1nc(-c2ccc(C[C@@H](CCO)NC(=O)c3ccc(OC(C)C)c(C#N)c3)cc2)cs1. The summed E-state index contributed by atoms with van der Waals surface area (Å²) in [5.74, 6) is 0.0675. The summed E-state index contributed by atoms with van der Waals surface area (Å²) in [6.45, 7) is 5.17. The van der Waals surface area contributed by atoms with Gasteiger partial charge in [-0.2, -0.15) is 5.26 Å². The number of hydrogen-bond acceptors (Lipinski definition) is 7. The van der Waals surface area contributed by atoms with Gasteiger partial charge in [0, 0.05) is 36.1 Å². The molecule has 0 saturated carbocycles. The van der Waals surface area contributed by atoms with Crippen LogP contribution in [0.2, 0.25) is 0 Å². The monoisotopic (exact) mass is 477 g/mol. The lowest BCUT2D eigenvalue weighted by molar-refractivity contribution is 0.0929. The van der Waals surface area contributed by atoms with E-state index in [4.69, 9.17) is 4.74 Å². The Balaban J connectivity index is 1.69. The molecular formula is C26H27N3O4S. The highest BCUT2D eigenvalue weighted by atomic mass is 32.1. The van der Waals surface area contributed by atoms with Gasteiger partial charge in [-0.15, -0.1) is 11.3 Å². The fourth-order valence-electron chi connectivity index (χ4n) is 3.43. The van der Waals surface area contributed by atoms with E-state index in [-0.39, 0.29) is 30.4 Å². The van der Waals surface area contributed by atoms with Gasteiger partial charge in [-0.3, -0.25) is 9.59 Å². The number of nitrogens with one attached hydrogen (secondary N) is 1. The van der Waals surface area contributed by atoms with E-state index in [2.05, 4.69) is 16.4 Å². The van der Waals surface area contributed by atoms with Crippen LogP contribution >= 0.6 is 11.3 Å². The molecule has 0 spiro atoms. The van der Waals surface area contributed by atoms with E-state index in [1.165, 1.54) is 24.3 Å². The van der Waals surface area contributed by atoms with Crippen molar-refractivity contribution in [2.45, 2.75) is 45.8 Å². The number of carbonyl (C=O) groups excluding carboxylic acids is 2. The van der Waals surface area contributed by atoms with E-state index >= 15 is 0 Å². The van der Waals surface area contributed by atoms with Crippen LogP contribution in [-0.2, 0) is 6.42 Å². The van der Waals surface area contributed by atoms with Gasteiger partial charge in [0.25, 0.3) is 5.91 Å². The van der Waals surface area contributed by atoms with Crippen molar-refractivity contribution in [2.24, 2.45) is 0 Å². The van der Waals surface area contributed by atoms with Gasteiger partial charge in [-0.05, 0) is 50.5 Å². The second-order valence-corrected chi connectivity index (χ2v) is 9.03. The number of amides is 1. The van der Waals surface area contributed by atoms with Crippen molar-refractivity contribution < 1.29 is 19.4 Å². The number of benzene rings is 2. The van der Waals surface area contributed by atoms with Gasteiger partial charge in [0.05, 0.1) is 17.4 Å². The third-order valence-electron chi connectivity index (χ3n) is 5.07.